The van der Waals surface area contributed by atoms with Crippen molar-refractivity contribution in [1.29, 1.82) is 0 Å². The van der Waals surface area contributed by atoms with Crippen LogP contribution in [0.3, 0.4) is 0 Å². The summed E-state index contributed by atoms with van der Waals surface area (Å²) in [5, 5.41) is 5.35. The molecule has 0 saturated carbocycles. The second-order valence-electron chi connectivity index (χ2n) is 4.80. The van der Waals surface area contributed by atoms with Crippen LogP contribution in [-0.4, -0.2) is 24.4 Å². The summed E-state index contributed by atoms with van der Waals surface area (Å²) in [6.07, 6.45) is 0. The number of rotatable bonds is 4. The monoisotopic (exact) mass is 380 g/mol. The molecule has 0 fully saturated rings. The van der Waals surface area contributed by atoms with Gasteiger partial charge in [0.25, 0.3) is 0 Å². The van der Waals surface area contributed by atoms with E-state index >= 15 is 0 Å². The van der Waals surface area contributed by atoms with E-state index in [0.717, 1.165) is 0 Å². The van der Waals surface area contributed by atoms with E-state index in [1.807, 2.05) is 0 Å². The zero-order valence-corrected chi connectivity index (χ0v) is 14.6. The zero-order valence-electron chi connectivity index (χ0n) is 13.1. The van der Waals surface area contributed by atoms with E-state index < -0.39 is 17.8 Å². The predicted octanol–water partition coefficient (Wildman–Crippen LogP) is 3.75. The van der Waals surface area contributed by atoms with Gasteiger partial charge in [-0.3, -0.25) is 9.59 Å². The molecule has 25 heavy (non-hydrogen) atoms. The first kappa shape index (κ1) is 18.8. The summed E-state index contributed by atoms with van der Waals surface area (Å²) in [6, 6.07) is 10.6. The molecular weight excluding hydrogens is 367 g/mol. The van der Waals surface area contributed by atoms with Crippen molar-refractivity contribution in [2.75, 3.05) is 17.2 Å². The molecule has 0 aliphatic heterocycles. The van der Waals surface area contributed by atoms with E-state index in [1.54, 1.807) is 19.1 Å². The maximum atomic E-state index is 12.1. The van der Waals surface area contributed by atoms with Crippen molar-refractivity contribution in [2.45, 2.75) is 6.92 Å². The van der Waals surface area contributed by atoms with Gasteiger partial charge >= 0.3 is 17.8 Å². The van der Waals surface area contributed by atoms with Crippen molar-refractivity contribution in [2.24, 2.45) is 0 Å². The molecule has 2 aromatic rings. The second-order valence-corrected chi connectivity index (χ2v) is 5.62. The number of nitrogens with one attached hydrogen (secondary N) is 2. The molecule has 2 rings (SSSR count). The minimum Gasteiger partial charge on any atom is -0.462 e. The fourth-order valence-electron chi connectivity index (χ4n) is 1.92. The Morgan fingerprint density at radius 1 is 0.960 bits per heavy atom. The SMILES string of the molecule is CCOC(=O)c1ccccc1NC(=O)C(=O)Nc1ccc(Cl)c(Cl)c1. The minimum atomic E-state index is -0.942. The summed E-state index contributed by atoms with van der Waals surface area (Å²) in [5.41, 5.74) is 0.642. The molecule has 0 atom stereocenters. The van der Waals surface area contributed by atoms with Crippen LogP contribution in [0.4, 0.5) is 11.4 Å². The standard InChI is InChI=1S/C17H14Cl2N2O4/c1-2-25-17(24)11-5-3-4-6-14(11)21-16(23)15(22)20-10-7-8-12(18)13(19)9-10/h3-9H,2H2,1H3,(H,20,22)(H,21,23). The number of carbonyl (C=O) groups excluding carboxylic acids is 3. The molecule has 0 aromatic heterocycles. The van der Waals surface area contributed by atoms with Crippen LogP contribution in [0.25, 0.3) is 0 Å². The first-order chi connectivity index (χ1) is 11.9. The highest BCUT2D eigenvalue weighted by Crippen LogP contribution is 2.25. The third kappa shape index (κ3) is 4.95. The summed E-state index contributed by atoms with van der Waals surface area (Å²) in [4.78, 5) is 35.9. The van der Waals surface area contributed by atoms with Gasteiger partial charge < -0.3 is 15.4 Å². The molecule has 8 heteroatoms. The van der Waals surface area contributed by atoms with Gasteiger partial charge in [-0.2, -0.15) is 0 Å². The first-order valence-corrected chi connectivity index (χ1v) is 8.01. The predicted molar refractivity (Wildman–Crippen MR) is 96.1 cm³/mol. The molecule has 0 spiro atoms. The number of para-hydroxylation sites is 1. The van der Waals surface area contributed by atoms with Gasteiger partial charge in [-0.25, -0.2) is 4.79 Å². The summed E-state index contributed by atoms with van der Waals surface area (Å²) in [6.45, 7) is 1.86. The summed E-state index contributed by atoms with van der Waals surface area (Å²) in [5.74, 6) is -2.46. The van der Waals surface area contributed by atoms with Gasteiger partial charge in [-0.05, 0) is 37.3 Å². The molecule has 0 heterocycles. The fourth-order valence-corrected chi connectivity index (χ4v) is 2.22. The van der Waals surface area contributed by atoms with Crippen molar-refractivity contribution < 1.29 is 19.1 Å². The van der Waals surface area contributed by atoms with Crippen LogP contribution in [0.2, 0.25) is 10.0 Å². The lowest BCUT2D eigenvalue weighted by Crippen LogP contribution is -2.29. The molecule has 0 bridgehead atoms. The fraction of sp³-hybridized carbons (Fsp3) is 0.118. The Hall–Kier alpha value is -2.57. The van der Waals surface area contributed by atoms with Crippen LogP contribution in [0.15, 0.2) is 42.5 Å². The Bertz CT molecular complexity index is 824. The van der Waals surface area contributed by atoms with Crippen molar-refractivity contribution in [3.8, 4) is 0 Å². The van der Waals surface area contributed by atoms with E-state index in [9.17, 15) is 14.4 Å². The number of hydrogen-bond donors (Lipinski definition) is 2. The smallest absolute Gasteiger partial charge is 0.340 e. The van der Waals surface area contributed by atoms with Gasteiger partial charge in [0.2, 0.25) is 0 Å². The largest absolute Gasteiger partial charge is 0.462 e. The average Bonchev–Trinajstić information content (AvgIpc) is 2.58. The molecule has 2 aromatic carbocycles. The van der Waals surface area contributed by atoms with E-state index in [0.29, 0.717) is 10.7 Å². The lowest BCUT2D eigenvalue weighted by atomic mass is 10.2. The van der Waals surface area contributed by atoms with Crippen LogP contribution in [-0.2, 0) is 14.3 Å². The molecule has 6 nitrogen and oxygen atoms in total. The molecule has 130 valence electrons. The average molecular weight is 381 g/mol. The zero-order chi connectivity index (χ0) is 18.4. The number of hydrogen-bond acceptors (Lipinski definition) is 4. The first-order valence-electron chi connectivity index (χ1n) is 7.26. The van der Waals surface area contributed by atoms with Crippen LogP contribution in [0, 0.1) is 0 Å². The summed E-state index contributed by atoms with van der Waals surface area (Å²) >= 11 is 11.6. The molecule has 0 aliphatic carbocycles. The Balaban J connectivity index is 2.10. The number of anilines is 2. The molecular formula is C17H14Cl2N2O4. The summed E-state index contributed by atoms with van der Waals surface area (Å²) < 4.78 is 4.91. The molecule has 0 unspecified atom stereocenters. The van der Waals surface area contributed by atoms with Crippen molar-refractivity contribution in [3.05, 3.63) is 58.1 Å². The number of amides is 2. The van der Waals surface area contributed by atoms with Crippen LogP contribution < -0.4 is 10.6 Å². The number of ether oxygens (including phenoxy) is 1. The van der Waals surface area contributed by atoms with Crippen molar-refractivity contribution in [3.63, 3.8) is 0 Å². The maximum absolute atomic E-state index is 12.1. The van der Waals surface area contributed by atoms with Crippen molar-refractivity contribution in [1.82, 2.24) is 0 Å². The lowest BCUT2D eigenvalue weighted by molar-refractivity contribution is -0.133. The molecule has 0 saturated heterocycles. The Morgan fingerprint density at radius 2 is 1.64 bits per heavy atom. The van der Waals surface area contributed by atoms with Crippen molar-refractivity contribution >= 4 is 52.4 Å². The minimum absolute atomic E-state index is 0.153. The third-order valence-electron chi connectivity index (χ3n) is 3.05. The number of benzene rings is 2. The highest BCUT2D eigenvalue weighted by atomic mass is 35.5. The third-order valence-corrected chi connectivity index (χ3v) is 3.79. The lowest BCUT2D eigenvalue weighted by Gasteiger charge is -2.10. The highest BCUT2D eigenvalue weighted by Gasteiger charge is 2.18. The van der Waals surface area contributed by atoms with Gasteiger partial charge in [0.15, 0.2) is 0 Å². The van der Waals surface area contributed by atoms with Gasteiger partial charge in [-0.15, -0.1) is 0 Å². The Morgan fingerprint density at radius 3 is 2.32 bits per heavy atom. The maximum Gasteiger partial charge on any atom is 0.340 e. The van der Waals surface area contributed by atoms with Crippen LogP contribution in [0.1, 0.15) is 17.3 Å². The van der Waals surface area contributed by atoms with Gasteiger partial charge in [0.05, 0.1) is 27.9 Å². The van der Waals surface area contributed by atoms with E-state index in [2.05, 4.69) is 10.6 Å². The second kappa shape index (κ2) is 8.50. The topological polar surface area (TPSA) is 84.5 Å². The van der Waals surface area contributed by atoms with Gasteiger partial charge in [0.1, 0.15) is 0 Å². The number of halogens is 2. The Kier molecular flexibility index (Phi) is 6.38. The summed E-state index contributed by atoms with van der Waals surface area (Å²) in [7, 11) is 0. The van der Waals surface area contributed by atoms with Crippen LogP contribution >= 0.6 is 23.2 Å². The van der Waals surface area contributed by atoms with Gasteiger partial charge in [0, 0.05) is 5.69 Å². The van der Waals surface area contributed by atoms with Crippen LogP contribution in [0.5, 0.6) is 0 Å². The number of esters is 1. The van der Waals surface area contributed by atoms with Gasteiger partial charge in [-0.1, -0.05) is 35.3 Å². The quantitative estimate of drug-likeness (QED) is 0.624. The van der Waals surface area contributed by atoms with E-state index in [4.69, 9.17) is 27.9 Å². The highest BCUT2D eigenvalue weighted by molar-refractivity contribution is 6.44. The van der Waals surface area contributed by atoms with E-state index in [1.165, 1.54) is 30.3 Å². The molecule has 2 amide bonds. The normalized spacial score (nSPS) is 10.0. The molecule has 2 N–H and O–H groups in total. The number of carbonyl (C=O) groups is 3. The Labute approximate surface area is 154 Å². The molecule has 0 radical (unpaired) electrons. The van der Waals surface area contributed by atoms with E-state index in [-0.39, 0.29) is 22.9 Å². The molecule has 0 aliphatic rings.